The molecule has 4 rings (SSSR count). The molecule has 0 aromatic carbocycles. The number of rotatable bonds is 13. The van der Waals surface area contributed by atoms with Gasteiger partial charge < -0.3 is 15.5 Å². The van der Waals surface area contributed by atoms with Gasteiger partial charge in [-0.05, 0) is 87.4 Å². The molecule has 0 radical (unpaired) electrons. The lowest BCUT2D eigenvalue weighted by molar-refractivity contribution is -0.139. The summed E-state index contributed by atoms with van der Waals surface area (Å²) < 4.78 is 0. The number of aliphatic carboxylic acids is 2. The molecule has 2 atom stereocenters. The molecule has 7 nitrogen and oxygen atoms in total. The van der Waals surface area contributed by atoms with Crippen molar-refractivity contribution in [1.29, 1.82) is 0 Å². The van der Waals surface area contributed by atoms with E-state index < -0.39 is 23.9 Å². The Labute approximate surface area is 184 Å². The second-order valence-corrected chi connectivity index (χ2v) is 10.4. The standard InChI is InChI=1S/C24H37NO6/c1-2-18(3-5-21(27)28)23(31)25-19(4-6-22(29)30)20(26)7-8-24-12-15-9-16(13-24)11-17(10-15)14-24/h15-19H,2-14H2,1H3,(H,25,31)(H,27,28)(H,29,30)/t15?,16?,17?,18-,19+,24?/m0/s1. The molecule has 0 saturated heterocycles. The number of nitrogens with one attached hydrogen (secondary N) is 1. The third-order valence-corrected chi connectivity index (χ3v) is 7.99. The van der Waals surface area contributed by atoms with Crippen molar-refractivity contribution in [3.05, 3.63) is 0 Å². The van der Waals surface area contributed by atoms with Crippen LogP contribution in [0.25, 0.3) is 0 Å². The number of ketones is 1. The third kappa shape index (κ3) is 6.30. The molecule has 3 N–H and O–H groups in total. The topological polar surface area (TPSA) is 121 Å². The number of carboxylic acids is 2. The molecule has 1 amide bonds. The molecule has 0 aliphatic heterocycles. The van der Waals surface area contributed by atoms with Crippen LogP contribution < -0.4 is 5.32 Å². The van der Waals surface area contributed by atoms with Crippen molar-refractivity contribution in [1.82, 2.24) is 5.32 Å². The second kappa shape index (κ2) is 10.1. The SMILES string of the molecule is CC[C@@H](CCC(=O)O)C(=O)N[C@H](CCC(=O)O)C(=O)CCC12CC3CC(CC(C3)C1)C2. The van der Waals surface area contributed by atoms with Gasteiger partial charge >= 0.3 is 11.9 Å². The Kier molecular flexibility index (Phi) is 7.76. The molecule has 0 unspecified atom stereocenters. The van der Waals surface area contributed by atoms with E-state index in [0.717, 1.165) is 24.2 Å². The molecular weight excluding hydrogens is 398 g/mol. The van der Waals surface area contributed by atoms with Crippen molar-refractivity contribution >= 4 is 23.6 Å². The summed E-state index contributed by atoms with van der Waals surface area (Å²) in [6.45, 7) is 1.81. The lowest BCUT2D eigenvalue weighted by Gasteiger charge is -2.57. The average molecular weight is 436 g/mol. The van der Waals surface area contributed by atoms with E-state index in [9.17, 15) is 19.2 Å². The molecule has 174 valence electrons. The Balaban J connectivity index is 1.58. The van der Waals surface area contributed by atoms with Gasteiger partial charge in [-0.2, -0.15) is 0 Å². The van der Waals surface area contributed by atoms with Gasteiger partial charge in [0, 0.05) is 25.2 Å². The minimum atomic E-state index is -0.994. The van der Waals surface area contributed by atoms with Crippen molar-refractivity contribution in [3.8, 4) is 0 Å². The lowest BCUT2D eigenvalue weighted by atomic mass is 9.48. The highest BCUT2D eigenvalue weighted by molar-refractivity contribution is 5.90. The maximum atomic E-state index is 13.1. The lowest BCUT2D eigenvalue weighted by Crippen LogP contribution is -2.47. The number of carbonyl (C=O) groups excluding carboxylic acids is 2. The van der Waals surface area contributed by atoms with Gasteiger partial charge in [0.15, 0.2) is 5.78 Å². The van der Waals surface area contributed by atoms with Crippen LogP contribution in [0, 0.1) is 29.1 Å². The first kappa shape index (κ1) is 23.7. The normalized spacial score (nSPS) is 30.5. The van der Waals surface area contributed by atoms with Crippen molar-refractivity contribution < 1.29 is 29.4 Å². The monoisotopic (exact) mass is 435 g/mol. The van der Waals surface area contributed by atoms with Crippen molar-refractivity contribution in [2.45, 2.75) is 96.4 Å². The zero-order chi connectivity index (χ0) is 22.6. The number of amides is 1. The summed E-state index contributed by atoms with van der Waals surface area (Å²) in [6.07, 6.45) is 9.38. The van der Waals surface area contributed by atoms with Crippen LogP contribution in [0.15, 0.2) is 0 Å². The Hall–Kier alpha value is -1.92. The van der Waals surface area contributed by atoms with Crippen molar-refractivity contribution in [2.75, 3.05) is 0 Å². The molecular formula is C24H37NO6. The van der Waals surface area contributed by atoms with Gasteiger partial charge in [0.1, 0.15) is 0 Å². The predicted octanol–water partition coefficient (Wildman–Crippen LogP) is 3.79. The Bertz CT molecular complexity index is 667. The zero-order valence-corrected chi connectivity index (χ0v) is 18.6. The maximum absolute atomic E-state index is 13.1. The zero-order valence-electron chi connectivity index (χ0n) is 18.6. The smallest absolute Gasteiger partial charge is 0.303 e. The molecule has 4 fully saturated rings. The quantitative estimate of drug-likeness (QED) is 0.405. The average Bonchev–Trinajstić information content (AvgIpc) is 2.68. The molecule has 0 aromatic heterocycles. The molecule has 7 heteroatoms. The number of hydrogen-bond donors (Lipinski definition) is 3. The highest BCUT2D eigenvalue weighted by Gasteiger charge is 2.50. The van der Waals surface area contributed by atoms with E-state index in [4.69, 9.17) is 10.2 Å². The maximum Gasteiger partial charge on any atom is 0.303 e. The Morgan fingerprint density at radius 2 is 1.39 bits per heavy atom. The highest BCUT2D eigenvalue weighted by atomic mass is 16.4. The summed E-state index contributed by atoms with van der Waals surface area (Å²) in [5.41, 5.74) is 0.263. The third-order valence-electron chi connectivity index (χ3n) is 7.99. The van der Waals surface area contributed by atoms with Crippen LogP contribution in [-0.2, 0) is 19.2 Å². The van der Waals surface area contributed by atoms with E-state index in [0.29, 0.717) is 12.8 Å². The molecule has 4 aliphatic carbocycles. The molecule has 31 heavy (non-hydrogen) atoms. The minimum Gasteiger partial charge on any atom is -0.481 e. The van der Waals surface area contributed by atoms with Crippen LogP contribution in [0.4, 0.5) is 0 Å². The Morgan fingerprint density at radius 1 is 0.871 bits per heavy atom. The van der Waals surface area contributed by atoms with E-state index in [1.165, 1.54) is 38.5 Å². The van der Waals surface area contributed by atoms with Gasteiger partial charge in [0.2, 0.25) is 5.91 Å². The van der Waals surface area contributed by atoms with Gasteiger partial charge in [0.25, 0.3) is 0 Å². The fraction of sp³-hybridized carbons (Fsp3) is 0.833. The van der Waals surface area contributed by atoms with Crippen molar-refractivity contribution in [2.24, 2.45) is 29.1 Å². The summed E-state index contributed by atoms with van der Waals surface area (Å²) in [7, 11) is 0. The van der Waals surface area contributed by atoms with Gasteiger partial charge in [-0.1, -0.05) is 6.92 Å². The Morgan fingerprint density at radius 3 is 1.87 bits per heavy atom. The van der Waals surface area contributed by atoms with E-state index in [-0.39, 0.29) is 42.8 Å². The first-order chi connectivity index (χ1) is 14.7. The molecule has 0 aromatic rings. The molecule has 0 spiro atoms. The van der Waals surface area contributed by atoms with Crippen LogP contribution in [0.1, 0.15) is 90.4 Å². The summed E-state index contributed by atoms with van der Waals surface area (Å²) in [5, 5.41) is 20.7. The van der Waals surface area contributed by atoms with Crippen LogP contribution in [0.5, 0.6) is 0 Å². The van der Waals surface area contributed by atoms with E-state index in [1.54, 1.807) is 0 Å². The van der Waals surface area contributed by atoms with Gasteiger partial charge in [-0.15, -0.1) is 0 Å². The summed E-state index contributed by atoms with van der Waals surface area (Å²) in [4.78, 5) is 47.7. The molecule has 4 saturated carbocycles. The number of hydrogen-bond acceptors (Lipinski definition) is 4. The number of carboxylic acid groups (broad SMARTS) is 2. The minimum absolute atomic E-state index is 0.0795. The fourth-order valence-electron chi connectivity index (χ4n) is 6.85. The fourth-order valence-corrected chi connectivity index (χ4v) is 6.85. The van der Waals surface area contributed by atoms with E-state index >= 15 is 0 Å². The molecule has 0 heterocycles. The summed E-state index contributed by atoms with van der Waals surface area (Å²) in [5.74, 6) is -0.443. The molecule has 4 bridgehead atoms. The van der Waals surface area contributed by atoms with Gasteiger partial charge in [0.05, 0.1) is 6.04 Å². The molecule has 4 aliphatic rings. The van der Waals surface area contributed by atoms with Crippen LogP contribution >= 0.6 is 0 Å². The van der Waals surface area contributed by atoms with E-state index in [2.05, 4.69) is 5.32 Å². The number of Topliss-reactive ketones (excluding diaryl/α,β-unsaturated/α-hetero) is 1. The summed E-state index contributed by atoms with van der Waals surface area (Å²) in [6, 6.07) is -0.809. The largest absolute Gasteiger partial charge is 0.481 e. The van der Waals surface area contributed by atoms with Gasteiger partial charge in [-0.25, -0.2) is 0 Å². The predicted molar refractivity (Wildman–Crippen MR) is 114 cm³/mol. The highest BCUT2D eigenvalue weighted by Crippen LogP contribution is 2.61. The second-order valence-electron chi connectivity index (χ2n) is 10.4. The van der Waals surface area contributed by atoms with Crippen LogP contribution in [-0.4, -0.2) is 39.9 Å². The first-order valence-corrected chi connectivity index (χ1v) is 12.0. The van der Waals surface area contributed by atoms with Crippen LogP contribution in [0.2, 0.25) is 0 Å². The van der Waals surface area contributed by atoms with Gasteiger partial charge in [-0.3, -0.25) is 19.2 Å². The van der Waals surface area contributed by atoms with E-state index in [1.807, 2.05) is 6.92 Å². The van der Waals surface area contributed by atoms with Crippen LogP contribution in [0.3, 0.4) is 0 Å². The summed E-state index contributed by atoms with van der Waals surface area (Å²) >= 11 is 0. The van der Waals surface area contributed by atoms with Crippen molar-refractivity contribution in [3.63, 3.8) is 0 Å². The number of carbonyl (C=O) groups is 4. The first-order valence-electron chi connectivity index (χ1n) is 12.0.